The van der Waals surface area contributed by atoms with E-state index in [1.165, 1.54) is 31.2 Å². The largest absolute Gasteiger partial charge is 0.348 e. The Hall–Kier alpha value is -2.71. The summed E-state index contributed by atoms with van der Waals surface area (Å²) in [5, 5.41) is 5.46. The van der Waals surface area contributed by atoms with Crippen molar-refractivity contribution in [2.45, 2.75) is 37.2 Å². The lowest BCUT2D eigenvalue weighted by molar-refractivity contribution is -0.114. The summed E-state index contributed by atoms with van der Waals surface area (Å²) in [6.45, 7) is 1.76. The minimum absolute atomic E-state index is 0.0370. The van der Waals surface area contributed by atoms with Crippen LogP contribution in [0.5, 0.6) is 0 Å². The first-order valence-corrected chi connectivity index (χ1v) is 10.1. The first-order valence-electron chi connectivity index (χ1n) is 8.60. The minimum atomic E-state index is -3.52. The fourth-order valence-electron chi connectivity index (χ4n) is 2.47. The lowest BCUT2D eigenvalue weighted by Gasteiger charge is -2.08. The van der Waals surface area contributed by atoms with Crippen LogP contribution in [0.3, 0.4) is 0 Å². The summed E-state index contributed by atoms with van der Waals surface area (Å²) in [6.07, 6.45) is 1.73. The average Bonchev–Trinajstić information content (AvgIpc) is 3.44. The van der Waals surface area contributed by atoms with Gasteiger partial charge in [0, 0.05) is 30.8 Å². The van der Waals surface area contributed by atoms with Crippen LogP contribution in [0.4, 0.5) is 5.69 Å². The molecule has 0 bridgehead atoms. The normalized spacial score (nSPS) is 13.8. The van der Waals surface area contributed by atoms with Crippen molar-refractivity contribution in [2.24, 2.45) is 0 Å². The van der Waals surface area contributed by atoms with E-state index < -0.39 is 10.0 Å². The molecule has 27 heavy (non-hydrogen) atoms. The molecule has 7 nitrogen and oxygen atoms in total. The molecule has 0 spiro atoms. The third-order valence-corrected chi connectivity index (χ3v) is 5.59. The van der Waals surface area contributed by atoms with Crippen LogP contribution in [0.15, 0.2) is 53.4 Å². The van der Waals surface area contributed by atoms with Gasteiger partial charge in [0.05, 0.1) is 4.90 Å². The van der Waals surface area contributed by atoms with Crippen LogP contribution in [-0.4, -0.2) is 26.3 Å². The van der Waals surface area contributed by atoms with Crippen molar-refractivity contribution in [3.63, 3.8) is 0 Å². The molecule has 2 amide bonds. The van der Waals surface area contributed by atoms with Gasteiger partial charge in [0.25, 0.3) is 5.91 Å². The standard InChI is InChI=1S/C19H21N3O4S/c1-13(23)21-16-6-2-14(3-7-16)12-20-19(24)15-4-10-18(11-5-15)27(25,26)22-17-8-9-17/h2-7,10-11,17,22H,8-9,12H2,1H3,(H,20,24)(H,21,23). The molecule has 0 radical (unpaired) electrons. The molecule has 0 aromatic heterocycles. The second-order valence-corrected chi connectivity index (χ2v) is 8.19. The number of benzene rings is 2. The molecule has 3 rings (SSSR count). The van der Waals surface area contributed by atoms with Crippen LogP contribution in [0, 0.1) is 0 Å². The zero-order valence-electron chi connectivity index (χ0n) is 14.9. The van der Waals surface area contributed by atoms with Gasteiger partial charge in [-0.3, -0.25) is 9.59 Å². The molecule has 142 valence electrons. The number of carbonyl (C=O) groups is 2. The van der Waals surface area contributed by atoms with E-state index in [9.17, 15) is 18.0 Å². The highest BCUT2D eigenvalue weighted by atomic mass is 32.2. The molecule has 1 aliphatic carbocycles. The molecule has 3 N–H and O–H groups in total. The minimum Gasteiger partial charge on any atom is -0.348 e. The van der Waals surface area contributed by atoms with Gasteiger partial charge < -0.3 is 10.6 Å². The summed E-state index contributed by atoms with van der Waals surface area (Å²) in [5.41, 5.74) is 1.95. The Bertz CT molecular complexity index is 934. The molecule has 0 aliphatic heterocycles. The number of sulfonamides is 1. The molecular weight excluding hydrogens is 366 g/mol. The van der Waals surface area contributed by atoms with Crippen LogP contribution in [0.25, 0.3) is 0 Å². The molecular formula is C19H21N3O4S. The van der Waals surface area contributed by atoms with Gasteiger partial charge in [-0.1, -0.05) is 12.1 Å². The highest BCUT2D eigenvalue weighted by Crippen LogP contribution is 2.22. The highest BCUT2D eigenvalue weighted by Gasteiger charge is 2.27. The summed E-state index contributed by atoms with van der Waals surface area (Å²) in [7, 11) is -3.52. The molecule has 0 heterocycles. The highest BCUT2D eigenvalue weighted by molar-refractivity contribution is 7.89. The Balaban J connectivity index is 1.57. The Labute approximate surface area is 158 Å². The third-order valence-electron chi connectivity index (χ3n) is 4.05. The molecule has 0 atom stereocenters. The molecule has 1 saturated carbocycles. The number of amides is 2. The molecule has 0 unspecified atom stereocenters. The van der Waals surface area contributed by atoms with Gasteiger partial charge in [-0.25, -0.2) is 13.1 Å². The van der Waals surface area contributed by atoms with Crippen molar-refractivity contribution >= 4 is 27.5 Å². The van der Waals surface area contributed by atoms with E-state index in [0.717, 1.165) is 18.4 Å². The second-order valence-electron chi connectivity index (χ2n) is 6.48. The molecule has 0 saturated heterocycles. The van der Waals surface area contributed by atoms with Gasteiger partial charge in [0.15, 0.2) is 0 Å². The zero-order chi connectivity index (χ0) is 19.4. The van der Waals surface area contributed by atoms with E-state index in [1.54, 1.807) is 12.1 Å². The fourth-order valence-corrected chi connectivity index (χ4v) is 3.77. The number of carbonyl (C=O) groups excluding carboxylic acids is 2. The summed E-state index contributed by atoms with van der Waals surface area (Å²) >= 11 is 0. The van der Waals surface area contributed by atoms with E-state index in [2.05, 4.69) is 15.4 Å². The maximum Gasteiger partial charge on any atom is 0.251 e. The van der Waals surface area contributed by atoms with Crippen LogP contribution in [0.1, 0.15) is 35.7 Å². The molecule has 2 aromatic rings. The fraction of sp³-hybridized carbons (Fsp3) is 0.263. The smallest absolute Gasteiger partial charge is 0.251 e. The summed E-state index contributed by atoms with van der Waals surface area (Å²) in [5.74, 6) is -0.436. The van der Waals surface area contributed by atoms with Gasteiger partial charge in [-0.15, -0.1) is 0 Å². The summed E-state index contributed by atoms with van der Waals surface area (Å²) < 4.78 is 26.9. The van der Waals surface area contributed by atoms with Gasteiger partial charge in [-0.2, -0.15) is 0 Å². The summed E-state index contributed by atoms with van der Waals surface area (Å²) in [4.78, 5) is 23.4. The zero-order valence-corrected chi connectivity index (χ0v) is 15.7. The Kier molecular flexibility index (Phi) is 5.57. The van der Waals surface area contributed by atoms with Crippen LogP contribution < -0.4 is 15.4 Å². The Morgan fingerprint density at radius 1 is 1.00 bits per heavy atom. The van der Waals surface area contributed by atoms with Gasteiger partial charge in [0.1, 0.15) is 0 Å². The SMILES string of the molecule is CC(=O)Nc1ccc(CNC(=O)c2ccc(S(=O)(=O)NC3CC3)cc2)cc1. The first-order chi connectivity index (χ1) is 12.8. The molecule has 1 aliphatic rings. The Morgan fingerprint density at radius 2 is 1.63 bits per heavy atom. The molecule has 8 heteroatoms. The predicted octanol–water partition coefficient (Wildman–Crippen LogP) is 2.02. The Morgan fingerprint density at radius 3 is 2.19 bits per heavy atom. The van der Waals surface area contributed by atoms with E-state index in [1.807, 2.05) is 12.1 Å². The van der Waals surface area contributed by atoms with E-state index in [-0.39, 0.29) is 22.8 Å². The van der Waals surface area contributed by atoms with Crippen LogP contribution in [-0.2, 0) is 21.4 Å². The molecule has 1 fully saturated rings. The van der Waals surface area contributed by atoms with Crippen LogP contribution in [0.2, 0.25) is 0 Å². The average molecular weight is 387 g/mol. The monoisotopic (exact) mass is 387 g/mol. The number of rotatable bonds is 7. The van der Waals surface area contributed by atoms with Crippen molar-refractivity contribution in [2.75, 3.05) is 5.32 Å². The van der Waals surface area contributed by atoms with Crippen LogP contribution >= 0.6 is 0 Å². The van der Waals surface area contributed by atoms with Gasteiger partial charge in [0.2, 0.25) is 15.9 Å². The lowest BCUT2D eigenvalue weighted by Crippen LogP contribution is -2.26. The topological polar surface area (TPSA) is 104 Å². The second kappa shape index (κ2) is 7.89. The van der Waals surface area contributed by atoms with Crippen molar-refractivity contribution in [3.05, 3.63) is 59.7 Å². The van der Waals surface area contributed by atoms with E-state index in [0.29, 0.717) is 17.8 Å². The van der Waals surface area contributed by atoms with E-state index >= 15 is 0 Å². The van der Waals surface area contributed by atoms with Crippen molar-refractivity contribution in [1.82, 2.24) is 10.0 Å². The van der Waals surface area contributed by atoms with E-state index in [4.69, 9.17) is 0 Å². The van der Waals surface area contributed by atoms with Gasteiger partial charge >= 0.3 is 0 Å². The number of hydrogen-bond acceptors (Lipinski definition) is 4. The maximum absolute atomic E-state index is 12.2. The third kappa shape index (κ3) is 5.38. The quantitative estimate of drug-likeness (QED) is 0.676. The first kappa shape index (κ1) is 19.1. The number of hydrogen-bond donors (Lipinski definition) is 3. The number of nitrogens with one attached hydrogen (secondary N) is 3. The predicted molar refractivity (Wildman–Crippen MR) is 102 cm³/mol. The lowest BCUT2D eigenvalue weighted by atomic mass is 10.2. The molecule has 2 aromatic carbocycles. The van der Waals surface area contributed by atoms with Crippen molar-refractivity contribution in [3.8, 4) is 0 Å². The maximum atomic E-state index is 12.2. The number of anilines is 1. The van der Waals surface area contributed by atoms with Crippen molar-refractivity contribution in [1.29, 1.82) is 0 Å². The summed E-state index contributed by atoms with van der Waals surface area (Å²) in [6, 6.07) is 13.0. The van der Waals surface area contributed by atoms with Gasteiger partial charge in [-0.05, 0) is 54.8 Å². The van der Waals surface area contributed by atoms with Crippen molar-refractivity contribution < 1.29 is 18.0 Å².